The van der Waals surface area contributed by atoms with Gasteiger partial charge in [0, 0.05) is 12.3 Å². The second-order valence-corrected chi connectivity index (χ2v) is 5.05. The topological polar surface area (TPSA) is 50.2 Å². The van der Waals surface area contributed by atoms with Gasteiger partial charge in [0.2, 0.25) is 0 Å². The summed E-state index contributed by atoms with van der Waals surface area (Å²) in [5.74, 6) is -0.0625. The van der Waals surface area contributed by atoms with E-state index in [0.717, 1.165) is 11.3 Å². The van der Waals surface area contributed by atoms with Crippen molar-refractivity contribution < 1.29 is 31.0 Å². The molecule has 3 nitrogen and oxygen atoms in total. The van der Waals surface area contributed by atoms with Crippen LogP contribution in [0.25, 0.3) is 22.0 Å². The molecule has 1 heterocycles. The van der Waals surface area contributed by atoms with Crippen molar-refractivity contribution in [3.8, 4) is 11.3 Å². The Balaban J connectivity index is 0.000000560. The van der Waals surface area contributed by atoms with Gasteiger partial charge in [-0.1, -0.05) is 24.3 Å². The summed E-state index contributed by atoms with van der Waals surface area (Å²) in [5, 5.41) is 10.7. The van der Waals surface area contributed by atoms with Crippen LogP contribution in [0.1, 0.15) is 13.8 Å². The van der Waals surface area contributed by atoms with Crippen molar-refractivity contribution >= 4 is 16.6 Å². The summed E-state index contributed by atoms with van der Waals surface area (Å²) in [7, 11) is 0. The van der Waals surface area contributed by atoms with Crippen molar-refractivity contribution in [3.05, 3.63) is 86.1 Å². The first-order valence-electron chi connectivity index (χ1n) is 7.26. The van der Waals surface area contributed by atoms with Crippen molar-refractivity contribution in [2.24, 2.45) is 0 Å². The maximum absolute atomic E-state index is 10.0. The van der Waals surface area contributed by atoms with Crippen molar-refractivity contribution in [3.63, 3.8) is 0 Å². The summed E-state index contributed by atoms with van der Waals surface area (Å²) in [6.45, 7) is 2.85. The molecule has 1 N–H and O–H groups in total. The van der Waals surface area contributed by atoms with Gasteiger partial charge in [0.25, 0.3) is 0 Å². The first-order chi connectivity index (χ1) is 11.1. The Bertz CT molecular complexity index is 820. The minimum absolute atomic E-state index is 0. The van der Waals surface area contributed by atoms with Crippen LogP contribution in [0, 0.1) is 13.5 Å². The molecule has 3 rings (SSSR count). The van der Waals surface area contributed by atoms with E-state index < -0.39 is 0 Å². The number of hydrogen-bond acceptors (Lipinski definition) is 3. The summed E-state index contributed by atoms with van der Waals surface area (Å²) in [6, 6.07) is 21.4. The molecular weight excluding hydrogens is 493 g/mol. The van der Waals surface area contributed by atoms with Crippen LogP contribution in [-0.4, -0.2) is 15.9 Å². The second-order valence-electron chi connectivity index (χ2n) is 5.05. The van der Waals surface area contributed by atoms with Gasteiger partial charge >= 0.3 is 21.1 Å². The predicted octanol–water partition coefficient (Wildman–Crippen LogP) is 5.19. The number of aliphatic hydroxyl groups is 1. The molecule has 0 aliphatic heterocycles. The molecule has 1 aromatic heterocycles. The Morgan fingerprint density at radius 2 is 1.76 bits per heavy atom. The number of fused-ring (bicyclic) bond motifs is 1. The van der Waals surface area contributed by atoms with Crippen LogP contribution in [0.5, 0.6) is 0 Å². The number of rotatable bonds is 2. The van der Waals surface area contributed by atoms with Crippen LogP contribution in [0.3, 0.4) is 0 Å². The molecule has 0 aliphatic rings. The first kappa shape index (κ1) is 22.7. The number of ketones is 1. The number of carbonyl (C=O) groups excluding carboxylic acids is 1. The average molecular weight is 514 g/mol. The Morgan fingerprint density at radius 1 is 1.08 bits per heavy atom. The van der Waals surface area contributed by atoms with Crippen molar-refractivity contribution in [2.45, 2.75) is 13.8 Å². The van der Waals surface area contributed by atoms with Crippen molar-refractivity contribution in [1.82, 2.24) is 4.98 Å². The smallest absolute Gasteiger partial charge is 0.512 e. The van der Waals surface area contributed by atoms with Crippen LogP contribution in [-0.2, 0) is 25.9 Å². The monoisotopic (exact) mass is 514 g/mol. The molecular formula is C21H21NO2Pt. The number of carbonyl (C=O) groups is 1. The minimum Gasteiger partial charge on any atom is -0.512 e. The molecule has 0 aliphatic carbocycles. The molecule has 3 aromatic rings. The number of benzene rings is 2. The van der Waals surface area contributed by atoms with Gasteiger partial charge in [-0.25, -0.2) is 0 Å². The zero-order chi connectivity index (χ0) is 16.7. The molecule has 4 heteroatoms. The van der Waals surface area contributed by atoms with Gasteiger partial charge in [-0.3, -0.25) is 4.79 Å². The molecule has 25 heavy (non-hydrogen) atoms. The third-order valence-electron chi connectivity index (χ3n) is 3.05. The molecule has 0 saturated heterocycles. The van der Waals surface area contributed by atoms with Crippen LogP contribution in [0.2, 0.25) is 0 Å². The zero-order valence-electron chi connectivity index (χ0n) is 14.5. The zero-order valence-corrected chi connectivity index (χ0v) is 16.7. The van der Waals surface area contributed by atoms with Crippen LogP contribution in [0.4, 0.5) is 0 Å². The molecule has 0 amide bonds. The summed E-state index contributed by atoms with van der Waals surface area (Å²) >= 11 is 0. The van der Waals surface area contributed by atoms with Gasteiger partial charge in [-0.15, -0.1) is 35.9 Å². The fraction of sp³-hybridized carbons (Fsp3) is 0.0952. The number of pyridine rings is 1. The molecule has 0 saturated carbocycles. The minimum atomic E-state index is -0.125. The largest absolute Gasteiger partial charge is 2.00 e. The van der Waals surface area contributed by atoms with Crippen LogP contribution < -0.4 is 0 Å². The Hall–Kier alpha value is -2.25. The van der Waals surface area contributed by atoms with Crippen LogP contribution >= 0.6 is 0 Å². The van der Waals surface area contributed by atoms with Gasteiger partial charge in [0.05, 0.1) is 5.76 Å². The predicted molar refractivity (Wildman–Crippen MR) is 99.5 cm³/mol. The van der Waals surface area contributed by atoms with E-state index >= 15 is 0 Å². The summed E-state index contributed by atoms with van der Waals surface area (Å²) < 4.78 is 0. The second kappa shape index (κ2) is 11.3. The number of aliphatic hydroxyl groups excluding tert-OH is 1. The number of aromatic nitrogens is 1. The van der Waals surface area contributed by atoms with Gasteiger partial charge in [0.15, 0.2) is 5.78 Å². The van der Waals surface area contributed by atoms with Gasteiger partial charge in [-0.05, 0) is 36.4 Å². The van der Waals surface area contributed by atoms with Gasteiger partial charge in [0.1, 0.15) is 0 Å². The van der Waals surface area contributed by atoms with E-state index in [2.05, 4.69) is 23.2 Å². The van der Waals surface area contributed by atoms with E-state index in [9.17, 15) is 4.79 Å². The molecule has 132 valence electrons. The quantitative estimate of drug-likeness (QED) is 0.291. The molecule has 0 radical (unpaired) electrons. The fourth-order valence-electron chi connectivity index (χ4n) is 2.17. The van der Waals surface area contributed by atoms with Crippen molar-refractivity contribution in [2.75, 3.05) is 0 Å². The van der Waals surface area contributed by atoms with E-state index in [0.29, 0.717) is 0 Å². The molecule has 2 aromatic carbocycles. The van der Waals surface area contributed by atoms with E-state index in [4.69, 9.17) is 5.11 Å². The summed E-state index contributed by atoms with van der Waals surface area (Å²) in [6.07, 6.45) is 3.01. The molecule has 0 unspecified atom stereocenters. The Labute approximate surface area is 163 Å². The van der Waals surface area contributed by atoms with Gasteiger partial charge in [-0.2, -0.15) is 0 Å². The van der Waals surface area contributed by atoms with E-state index in [1.165, 1.54) is 30.7 Å². The third-order valence-corrected chi connectivity index (χ3v) is 3.05. The summed E-state index contributed by atoms with van der Waals surface area (Å²) in [5.41, 5.74) is 2.04. The first-order valence-corrected chi connectivity index (χ1v) is 7.26. The van der Waals surface area contributed by atoms with E-state index in [-0.39, 0.29) is 40.0 Å². The molecule has 0 atom stereocenters. The van der Waals surface area contributed by atoms with Crippen LogP contribution in [0.15, 0.2) is 72.6 Å². The van der Waals surface area contributed by atoms with E-state index in [1.807, 2.05) is 48.7 Å². The third kappa shape index (κ3) is 7.02. The van der Waals surface area contributed by atoms with E-state index in [1.54, 1.807) is 0 Å². The van der Waals surface area contributed by atoms with Crippen molar-refractivity contribution in [1.29, 1.82) is 0 Å². The standard InChI is InChI=1S/C15H10N.C5H8O2.CH3.Pt/c1-2-7-13(8-3-1)15-14-9-5-4-6-12(14)10-11-16-15;1-4(6)3-5(2)7;;/h1-7,9-11H;3,6H,1-2H3;1H3;/q-1;;-1;+2/b;4-3-;;. The summed E-state index contributed by atoms with van der Waals surface area (Å²) in [4.78, 5) is 14.5. The molecule has 0 bridgehead atoms. The Kier molecular flexibility index (Phi) is 10.3. The molecule has 0 fully saturated rings. The number of nitrogens with zero attached hydrogens (tertiary/aromatic N) is 1. The maximum Gasteiger partial charge on any atom is 2.00 e. The maximum atomic E-state index is 10.0. The normalized spacial score (nSPS) is 9.92. The average Bonchev–Trinajstić information content (AvgIpc) is 2.54. The van der Waals surface area contributed by atoms with Gasteiger partial charge < -0.3 is 17.5 Å². The number of allylic oxidation sites excluding steroid dienone is 2. The SMILES string of the molecule is CC(=O)/C=C(/C)O.[CH3-].[Pt+2].[c-]1ccccc1-c1nccc2ccccc12. The fourth-order valence-corrected chi connectivity index (χ4v) is 2.17. The number of hydrogen-bond donors (Lipinski definition) is 1. The molecule has 0 spiro atoms. The Morgan fingerprint density at radius 3 is 2.32 bits per heavy atom.